The van der Waals surface area contributed by atoms with Gasteiger partial charge in [-0.3, -0.25) is 4.79 Å². The van der Waals surface area contributed by atoms with E-state index in [9.17, 15) is 15.2 Å². The Labute approximate surface area is 163 Å². The summed E-state index contributed by atoms with van der Waals surface area (Å²) in [6, 6.07) is 16.3. The highest BCUT2D eigenvalue weighted by molar-refractivity contribution is 6.32. The number of hydrogen-bond acceptors (Lipinski definition) is 5. The maximum atomic E-state index is 12.4. The molecule has 0 radical (unpaired) electrons. The van der Waals surface area contributed by atoms with Gasteiger partial charge in [0.25, 0.3) is 5.91 Å². The second-order valence-electron chi connectivity index (χ2n) is 5.64. The highest BCUT2D eigenvalue weighted by atomic mass is 35.5. The average Bonchev–Trinajstić information content (AvgIpc) is 2.67. The van der Waals surface area contributed by atoms with Gasteiger partial charge in [0.15, 0.2) is 0 Å². The Balaban J connectivity index is 2.15. The minimum Gasteiger partial charge on any atom is -0.495 e. The van der Waals surface area contributed by atoms with E-state index in [-0.39, 0.29) is 12.2 Å². The molecule has 2 N–H and O–H groups in total. The number of hydrogen-bond donors (Lipinski definition) is 2. The van der Waals surface area contributed by atoms with Crippen LogP contribution in [-0.4, -0.2) is 36.2 Å². The second kappa shape index (κ2) is 10.2. The van der Waals surface area contributed by atoms with Crippen molar-refractivity contribution in [1.82, 2.24) is 4.90 Å². The number of nitrogens with zero attached hydrogens (tertiary/aromatic N) is 2. The summed E-state index contributed by atoms with van der Waals surface area (Å²) in [6.45, 7) is 0.660. The fraction of sp³-hybridized carbons (Fsp3) is 0.200. The van der Waals surface area contributed by atoms with E-state index in [1.165, 1.54) is 13.3 Å². The number of benzene rings is 2. The number of ether oxygens (including phenoxy) is 1. The molecule has 7 heteroatoms. The third kappa shape index (κ3) is 6.03. The van der Waals surface area contributed by atoms with Crippen molar-refractivity contribution in [2.24, 2.45) is 0 Å². The lowest BCUT2D eigenvalue weighted by Gasteiger charge is -2.20. The van der Waals surface area contributed by atoms with Crippen LogP contribution in [0.15, 0.2) is 60.3 Å². The second-order valence-corrected chi connectivity index (χ2v) is 6.04. The van der Waals surface area contributed by atoms with E-state index in [1.54, 1.807) is 23.1 Å². The first-order valence-electron chi connectivity index (χ1n) is 8.23. The van der Waals surface area contributed by atoms with Gasteiger partial charge in [-0.25, -0.2) is 0 Å². The van der Waals surface area contributed by atoms with Gasteiger partial charge < -0.3 is 20.1 Å². The van der Waals surface area contributed by atoms with E-state index in [2.05, 4.69) is 5.32 Å². The summed E-state index contributed by atoms with van der Waals surface area (Å²) >= 11 is 6.05. The number of halogens is 1. The van der Waals surface area contributed by atoms with Gasteiger partial charge in [0.2, 0.25) is 0 Å². The Morgan fingerprint density at radius 2 is 2.07 bits per heavy atom. The first-order chi connectivity index (χ1) is 13.1. The van der Waals surface area contributed by atoms with Gasteiger partial charge in [-0.2, -0.15) is 5.26 Å². The van der Waals surface area contributed by atoms with Gasteiger partial charge in [0.05, 0.1) is 18.7 Å². The minimum atomic E-state index is -0.560. The number of methoxy groups -OCH3 is 1. The topological polar surface area (TPSA) is 85.6 Å². The van der Waals surface area contributed by atoms with Gasteiger partial charge in [-0.05, 0) is 23.8 Å². The number of aliphatic hydroxyl groups excluding tert-OH is 1. The van der Waals surface area contributed by atoms with E-state index >= 15 is 0 Å². The summed E-state index contributed by atoms with van der Waals surface area (Å²) in [4.78, 5) is 14.2. The van der Waals surface area contributed by atoms with Gasteiger partial charge in [-0.1, -0.05) is 41.9 Å². The molecule has 2 aromatic rings. The van der Waals surface area contributed by atoms with Gasteiger partial charge in [-0.15, -0.1) is 0 Å². The lowest BCUT2D eigenvalue weighted by atomic mass is 10.2. The quantitative estimate of drug-likeness (QED) is 0.538. The van der Waals surface area contributed by atoms with Crippen LogP contribution in [0.5, 0.6) is 5.75 Å². The summed E-state index contributed by atoms with van der Waals surface area (Å²) in [7, 11) is 1.50. The van der Waals surface area contributed by atoms with Crippen LogP contribution in [0.2, 0.25) is 5.02 Å². The third-order valence-electron chi connectivity index (χ3n) is 3.70. The normalized spacial score (nSPS) is 10.8. The largest absolute Gasteiger partial charge is 0.495 e. The number of carbonyl (C=O) groups is 1. The molecule has 0 aliphatic heterocycles. The number of amides is 1. The Morgan fingerprint density at radius 3 is 2.67 bits per heavy atom. The van der Waals surface area contributed by atoms with Crippen molar-refractivity contribution < 1.29 is 14.6 Å². The van der Waals surface area contributed by atoms with Crippen molar-refractivity contribution in [2.45, 2.75) is 6.54 Å². The van der Waals surface area contributed by atoms with Crippen LogP contribution in [0, 0.1) is 11.3 Å². The van der Waals surface area contributed by atoms with Gasteiger partial charge in [0.1, 0.15) is 17.4 Å². The molecular weight excluding hydrogens is 366 g/mol. The summed E-state index contributed by atoms with van der Waals surface area (Å²) in [5.41, 5.74) is 1.37. The first kappa shape index (κ1) is 20.3. The molecule has 0 saturated carbocycles. The number of anilines is 1. The zero-order chi connectivity index (χ0) is 19.6. The molecule has 0 unspecified atom stereocenters. The van der Waals surface area contributed by atoms with Crippen molar-refractivity contribution in [2.75, 3.05) is 25.6 Å². The molecule has 0 heterocycles. The maximum absolute atomic E-state index is 12.4. The van der Waals surface area contributed by atoms with E-state index in [1.807, 2.05) is 36.4 Å². The van der Waals surface area contributed by atoms with Crippen molar-refractivity contribution in [3.8, 4) is 11.8 Å². The highest BCUT2D eigenvalue weighted by Crippen LogP contribution is 2.27. The minimum absolute atomic E-state index is 0.0775. The molecule has 27 heavy (non-hydrogen) atoms. The molecule has 0 aliphatic rings. The Morgan fingerprint density at radius 1 is 1.33 bits per heavy atom. The molecule has 0 aromatic heterocycles. The van der Waals surface area contributed by atoms with Gasteiger partial charge in [0, 0.05) is 25.0 Å². The summed E-state index contributed by atoms with van der Waals surface area (Å²) < 4.78 is 5.07. The maximum Gasteiger partial charge on any atom is 0.267 e. The molecule has 0 atom stereocenters. The molecule has 6 nitrogen and oxygen atoms in total. The number of nitriles is 1. The molecule has 2 rings (SSSR count). The molecular formula is C20H20ClN3O3. The average molecular weight is 386 g/mol. The number of aliphatic hydroxyl groups is 1. The van der Waals surface area contributed by atoms with Crippen LogP contribution >= 0.6 is 11.6 Å². The SMILES string of the molecule is COc1ccc(NC(=O)/C(C#N)=C\N(CCO)Cc2ccccc2)cc1Cl. The van der Waals surface area contributed by atoms with Gasteiger partial charge >= 0.3 is 0 Å². The van der Waals surface area contributed by atoms with Crippen molar-refractivity contribution in [1.29, 1.82) is 5.26 Å². The Hall–Kier alpha value is -3.01. The molecule has 1 amide bonds. The van der Waals surface area contributed by atoms with E-state index in [0.29, 0.717) is 29.5 Å². The fourth-order valence-corrected chi connectivity index (χ4v) is 2.66. The third-order valence-corrected chi connectivity index (χ3v) is 4.00. The lowest BCUT2D eigenvalue weighted by Crippen LogP contribution is -2.24. The summed E-state index contributed by atoms with van der Waals surface area (Å²) in [6.07, 6.45) is 1.45. The number of rotatable bonds is 8. The molecule has 0 fully saturated rings. The summed E-state index contributed by atoms with van der Waals surface area (Å²) in [5.74, 6) is -0.0718. The number of nitrogens with one attached hydrogen (secondary N) is 1. The van der Waals surface area contributed by atoms with Crippen LogP contribution in [0.25, 0.3) is 0 Å². The zero-order valence-corrected chi connectivity index (χ0v) is 15.6. The number of carbonyl (C=O) groups excluding carboxylic acids is 1. The molecule has 2 aromatic carbocycles. The van der Waals surface area contributed by atoms with E-state index < -0.39 is 5.91 Å². The van der Waals surface area contributed by atoms with Crippen molar-refractivity contribution >= 4 is 23.2 Å². The van der Waals surface area contributed by atoms with E-state index in [0.717, 1.165) is 5.56 Å². The molecule has 0 aliphatic carbocycles. The first-order valence-corrected chi connectivity index (χ1v) is 8.60. The Bertz CT molecular complexity index is 847. The molecule has 140 valence electrons. The predicted octanol–water partition coefficient (Wildman–Crippen LogP) is 3.19. The van der Waals surface area contributed by atoms with Crippen LogP contribution < -0.4 is 10.1 Å². The fourth-order valence-electron chi connectivity index (χ4n) is 2.40. The van der Waals surface area contributed by atoms with Crippen molar-refractivity contribution in [3.05, 3.63) is 70.9 Å². The Kier molecular flexibility index (Phi) is 7.68. The van der Waals surface area contributed by atoms with Crippen LogP contribution in [0.1, 0.15) is 5.56 Å². The lowest BCUT2D eigenvalue weighted by molar-refractivity contribution is -0.112. The standard InChI is InChI=1S/C20H20ClN3O3/c1-27-19-8-7-17(11-18(19)21)23-20(26)16(12-22)14-24(9-10-25)13-15-5-3-2-4-6-15/h2-8,11,14,25H,9-10,13H2,1H3,(H,23,26)/b16-14-. The summed E-state index contributed by atoms with van der Waals surface area (Å²) in [5, 5.41) is 21.6. The van der Waals surface area contributed by atoms with Crippen LogP contribution in [0.4, 0.5) is 5.69 Å². The monoisotopic (exact) mass is 385 g/mol. The zero-order valence-electron chi connectivity index (χ0n) is 14.9. The molecule has 0 saturated heterocycles. The highest BCUT2D eigenvalue weighted by Gasteiger charge is 2.13. The molecule has 0 bridgehead atoms. The molecule has 0 spiro atoms. The van der Waals surface area contributed by atoms with E-state index in [4.69, 9.17) is 16.3 Å². The van der Waals surface area contributed by atoms with Crippen LogP contribution in [0.3, 0.4) is 0 Å². The smallest absolute Gasteiger partial charge is 0.267 e. The predicted molar refractivity (Wildman–Crippen MR) is 104 cm³/mol. The van der Waals surface area contributed by atoms with Crippen LogP contribution in [-0.2, 0) is 11.3 Å². The van der Waals surface area contributed by atoms with Crippen molar-refractivity contribution in [3.63, 3.8) is 0 Å².